The van der Waals surface area contributed by atoms with Crippen LogP contribution in [0.5, 0.6) is 0 Å². The molecule has 3 heteroatoms. The van der Waals surface area contributed by atoms with Crippen molar-refractivity contribution < 1.29 is 0 Å². The van der Waals surface area contributed by atoms with Crippen LogP contribution in [0.3, 0.4) is 0 Å². The summed E-state index contributed by atoms with van der Waals surface area (Å²) in [5.74, 6) is 0. The average Bonchev–Trinajstić information content (AvgIpc) is 3.68. The van der Waals surface area contributed by atoms with Gasteiger partial charge in [0.05, 0.1) is 22.5 Å². The minimum Gasteiger partial charge on any atom is -0.310 e. The van der Waals surface area contributed by atoms with E-state index >= 15 is 0 Å². The molecule has 10 aromatic rings. The van der Waals surface area contributed by atoms with Gasteiger partial charge in [-0.05, 0) is 137 Å². The van der Waals surface area contributed by atoms with Crippen LogP contribution in [-0.2, 0) is 5.41 Å². The zero-order valence-corrected chi connectivity index (χ0v) is 36.2. The van der Waals surface area contributed by atoms with Crippen molar-refractivity contribution in [2.24, 2.45) is 0 Å². The van der Waals surface area contributed by atoms with Crippen molar-refractivity contribution >= 4 is 51.2 Å². The summed E-state index contributed by atoms with van der Waals surface area (Å²) in [4.78, 5) is 7.16. The zero-order chi connectivity index (χ0) is 43.6. The molecule has 0 aromatic heterocycles. The number of nitrogens with zero attached hydrogens (tertiary/aromatic N) is 3. The summed E-state index contributed by atoms with van der Waals surface area (Å²) in [5.41, 5.74) is 17.8. The number of benzene rings is 10. The number of fused-ring (bicyclic) bond motifs is 3. The lowest BCUT2D eigenvalue weighted by Gasteiger charge is -2.35. The quantitative estimate of drug-likeness (QED) is 0.129. The lowest BCUT2D eigenvalue weighted by Crippen LogP contribution is -2.28. The zero-order valence-electron chi connectivity index (χ0n) is 36.2. The number of aryl methyl sites for hydroxylation is 1. The molecule has 11 rings (SSSR count). The van der Waals surface area contributed by atoms with Crippen LogP contribution >= 0.6 is 0 Å². The Morgan fingerprint density at radius 2 is 0.600 bits per heavy atom. The van der Waals surface area contributed by atoms with E-state index < -0.39 is 5.41 Å². The Morgan fingerprint density at radius 3 is 0.969 bits per heavy atom. The van der Waals surface area contributed by atoms with Gasteiger partial charge < -0.3 is 14.7 Å². The molecule has 0 heterocycles. The highest BCUT2D eigenvalue weighted by atomic mass is 15.2. The van der Waals surface area contributed by atoms with Crippen molar-refractivity contribution in [3.05, 3.63) is 295 Å². The van der Waals surface area contributed by atoms with E-state index in [4.69, 9.17) is 0 Å². The molecule has 0 saturated carbocycles. The van der Waals surface area contributed by atoms with E-state index in [0.29, 0.717) is 0 Å². The maximum absolute atomic E-state index is 2.46. The van der Waals surface area contributed by atoms with Crippen LogP contribution in [0.4, 0.5) is 51.2 Å². The monoisotopic (exact) mass is 833 g/mol. The van der Waals surface area contributed by atoms with Gasteiger partial charge in [-0.25, -0.2) is 0 Å². The minimum absolute atomic E-state index is 0.556. The topological polar surface area (TPSA) is 9.72 Å². The molecule has 0 N–H and O–H groups in total. The van der Waals surface area contributed by atoms with Crippen molar-refractivity contribution in [1.82, 2.24) is 0 Å². The second-order valence-corrected chi connectivity index (χ2v) is 16.6. The Hall–Kier alpha value is -8.40. The molecule has 0 aliphatic heterocycles. The van der Waals surface area contributed by atoms with Gasteiger partial charge in [0.25, 0.3) is 0 Å². The first-order valence-corrected chi connectivity index (χ1v) is 22.4. The average molecular weight is 834 g/mol. The first-order chi connectivity index (χ1) is 32.2. The highest BCUT2D eigenvalue weighted by Gasteiger charge is 2.47. The predicted molar refractivity (Wildman–Crippen MR) is 273 cm³/mol. The molecule has 1 aliphatic carbocycles. The standard InChI is InChI=1S/C62H47N3/c1-46-24-23-39-59-61(46)58-41-40-54(45-60(58)62(59,47-25-9-2-10-26-47)48-27-11-3-12-28-48)65(53-37-21-8-22-38-53)57-43-55(63(49-29-13-4-14-30-49)50-31-15-5-16-32-50)42-56(44-57)64(51-33-17-6-18-34-51)52-35-19-7-20-36-52/h2-45H,1H3. The molecule has 0 atom stereocenters. The third kappa shape index (κ3) is 7.04. The van der Waals surface area contributed by atoms with Gasteiger partial charge in [-0.3, -0.25) is 0 Å². The highest BCUT2D eigenvalue weighted by Crippen LogP contribution is 2.58. The van der Waals surface area contributed by atoms with Crippen LogP contribution in [0, 0.1) is 6.92 Å². The fourth-order valence-corrected chi connectivity index (χ4v) is 10.0. The van der Waals surface area contributed by atoms with Crippen molar-refractivity contribution in [1.29, 1.82) is 0 Å². The van der Waals surface area contributed by atoms with Crippen molar-refractivity contribution in [3.8, 4) is 11.1 Å². The Morgan fingerprint density at radius 1 is 0.262 bits per heavy atom. The molecule has 0 fully saturated rings. The number of hydrogen-bond donors (Lipinski definition) is 0. The van der Waals surface area contributed by atoms with E-state index in [-0.39, 0.29) is 0 Å². The van der Waals surface area contributed by atoms with Crippen LogP contribution in [0.2, 0.25) is 0 Å². The van der Waals surface area contributed by atoms with E-state index in [1.807, 2.05) is 0 Å². The van der Waals surface area contributed by atoms with Gasteiger partial charge >= 0.3 is 0 Å². The third-order valence-corrected chi connectivity index (χ3v) is 12.8. The summed E-state index contributed by atoms with van der Waals surface area (Å²) in [5, 5.41) is 0. The second-order valence-electron chi connectivity index (χ2n) is 16.6. The third-order valence-electron chi connectivity index (χ3n) is 12.8. The molecule has 3 nitrogen and oxygen atoms in total. The number of hydrogen-bond acceptors (Lipinski definition) is 3. The van der Waals surface area contributed by atoms with Crippen molar-refractivity contribution in [2.75, 3.05) is 14.7 Å². The fraction of sp³-hybridized carbons (Fsp3) is 0.0323. The molecule has 10 aromatic carbocycles. The molecule has 0 radical (unpaired) electrons. The summed E-state index contributed by atoms with van der Waals surface area (Å²) in [6.45, 7) is 2.25. The van der Waals surface area contributed by atoms with E-state index in [0.717, 1.165) is 51.2 Å². The van der Waals surface area contributed by atoms with Gasteiger partial charge in [-0.15, -0.1) is 0 Å². The van der Waals surface area contributed by atoms with E-state index in [1.54, 1.807) is 0 Å². The summed E-state index contributed by atoms with van der Waals surface area (Å²) >= 11 is 0. The molecule has 0 unspecified atom stereocenters. The minimum atomic E-state index is -0.556. The number of para-hydroxylation sites is 5. The van der Waals surface area contributed by atoms with Gasteiger partial charge in [0, 0.05) is 34.1 Å². The van der Waals surface area contributed by atoms with E-state index in [9.17, 15) is 0 Å². The first-order valence-electron chi connectivity index (χ1n) is 22.4. The maximum atomic E-state index is 2.46. The van der Waals surface area contributed by atoms with Crippen LogP contribution in [0.1, 0.15) is 27.8 Å². The lowest BCUT2D eigenvalue weighted by molar-refractivity contribution is 0.768. The summed E-state index contributed by atoms with van der Waals surface area (Å²) in [6, 6.07) is 96.7. The largest absolute Gasteiger partial charge is 0.310 e. The Bertz CT molecular complexity index is 2970. The first kappa shape index (κ1) is 39.4. The molecule has 0 bridgehead atoms. The molecule has 65 heavy (non-hydrogen) atoms. The van der Waals surface area contributed by atoms with Gasteiger partial charge in [-0.1, -0.05) is 176 Å². The van der Waals surface area contributed by atoms with Crippen LogP contribution < -0.4 is 14.7 Å². The molecule has 1 aliphatic rings. The van der Waals surface area contributed by atoms with Crippen molar-refractivity contribution in [3.63, 3.8) is 0 Å². The lowest BCUT2D eigenvalue weighted by atomic mass is 9.67. The molecular weight excluding hydrogens is 787 g/mol. The Labute approximate surface area is 382 Å². The summed E-state index contributed by atoms with van der Waals surface area (Å²) in [7, 11) is 0. The maximum Gasteiger partial charge on any atom is 0.0714 e. The van der Waals surface area contributed by atoms with Gasteiger partial charge in [-0.2, -0.15) is 0 Å². The van der Waals surface area contributed by atoms with Crippen LogP contribution in [0.15, 0.2) is 267 Å². The normalized spacial score (nSPS) is 12.2. The van der Waals surface area contributed by atoms with Crippen molar-refractivity contribution in [2.45, 2.75) is 12.3 Å². The smallest absolute Gasteiger partial charge is 0.0714 e. The molecule has 0 spiro atoms. The van der Waals surface area contributed by atoms with Crippen LogP contribution in [-0.4, -0.2) is 0 Å². The van der Waals surface area contributed by atoms with Gasteiger partial charge in [0.15, 0.2) is 0 Å². The summed E-state index contributed by atoms with van der Waals surface area (Å²) < 4.78 is 0. The molecule has 0 saturated heterocycles. The Kier molecular flexibility index (Phi) is 10.3. The molecular formula is C62H47N3. The number of anilines is 9. The Balaban J connectivity index is 1.21. The van der Waals surface area contributed by atoms with E-state index in [2.05, 4.69) is 289 Å². The van der Waals surface area contributed by atoms with Gasteiger partial charge in [0.2, 0.25) is 0 Å². The molecule has 310 valence electrons. The van der Waals surface area contributed by atoms with Crippen LogP contribution in [0.25, 0.3) is 11.1 Å². The number of rotatable bonds is 11. The van der Waals surface area contributed by atoms with E-state index in [1.165, 1.54) is 38.9 Å². The fourth-order valence-electron chi connectivity index (χ4n) is 10.0. The summed E-state index contributed by atoms with van der Waals surface area (Å²) in [6.07, 6.45) is 0. The van der Waals surface area contributed by atoms with Gasteiger partial charge in [0.1, 0.15) is 0 Å². The molecule has 0 amide bonds. The highest BCUT2D eigenvalue weighted by molar-refractivity contribution is 5.93. The second kappa shape index (κ2) is 17.0. The SMILES string of the molecule is Cc1cccc2c1-c1ccc(N(c3ccccc3)c3cc(N(c4ccccc4)c4ccccc4)cc(N(c4ccccc4)c4ccccc4)c3)cc1C2(c1ccccc1)c1ccccc1. The predicted octanol–water partition coefficient (Wildman–Crippen LogP) is 16.8.